The van der Waals surface area contributed by atoms with Gasteiger partial charge in [-0.3, -0.25) is 9.62 Å². The van der Waals surface area contributed by atoms with Crippen molar-refractivity contribution in [3.63, 3.8) is 0 Å². The Morgan fingerprint density at radius 1 is 1.11 bits per heavy atom. The van der Waals surface area contributed by atoms with E-state index in [0.717, 1.165) is 39.3 Å². The molecule has 6 nitrogen and oxygen atoms in total. The van der Waals surface area contributed by atoms with Crippen LogP contribution in [0, 0.1) is 13.8 Å². The van der Waals surface area contributed by atoms with Gasteiger partial charge in [0, 0.05) is 4.88 Å². The molecule has 1 aromatic carbocycles. The molecule has 148 valence electrons. The van der Waals surface area contributed by atoms with Gasteiger partial charge < -0.3 is 0 Å². The molecule has 1 aliphatic rings. The van der Waals surface area contributed by atoms with Gasteiger partial charge in [-0.15, -0.1) is 11.3 Å². The predicted octanol–water partition coefficient (Wildman–Crippen LogP) is 3.85. The van der Waals surface area contributed by atoms with Crippen molar-refractivity contribution >= 4 is 37.4 Å². The van der Waals surface area contributed by atoms with Crippen LogP contribution in [0.15, 0.2) is 30.3 Å². The van der Waals surface area contributed by atoms with E-state index in [1.807, 2.05) is 44.2 Å². The van der Waals surface area contributed by atoms with Gasteiger partial charge in [-0.2, -0.15) is 0 Å². The third-order valence-electron chi connectivity index (χ3n) is 5.09. The smallest absolute Gasteiger partial charge is 0.238 e. The molecular formula is C20H24N4O2S2. The molecule has 0 unspecified atom stereocenters. The molecule has 3 heterocycles. The molecule has 0 atom stereocenters. The van der Waals surface area contributed by atoms with E-state index in [1.165, 1.54) is 12.8 Å². The summed E-state index contributed by atoms with van der Waals surface area (Å²) in [5, 5.41) is 0.810. The van der Waals surface area contributed by atoms with Crippen molar-refractivity contribution in [2.75, 3.05) is 17.8 Å². The number of rotatable bonds is 6. The third-order valence-corrected chi connectivity index (χ3v) is 7.41. The van der Waals surface area contributed by atoms with Crippen LogP contribution in [0.2, 0.25) is 0 Å². The zero-order chi connectivity index (χ0) is 19.7. The molecule has 0 saturated carbocycles. The van der Waals surface area contributed by atoms with Crippen molar-refractivity contribution in [1.29, 1.82) is 0 Å². The zero-order valence-electron chi connectivity index (χ0n) is 16.1. The second-order valence-electron chi connectivity index (χ2n) is 7.28. The van der Waals surface area contributed by atoms with Crippen molar-refractivity contribution in [2.24, 2.45) is 0 Å². The van der Waals surface area contributed by atoms with E-state index in [0.29, 0.717) is 18.2 Å². The molecule has 0 radical (unpaired) electrons. The van der Waals surface area contributed by atoms with Crippen molar-refractivity contribution in [1.82, 2.24) is 14.9 Å². The van der Waals surface area contributed by atoms with E-state index >= 15 is 0 Å². The maximum absolute atomic E-state index is 12.8. The highest BCUT2D eigenvalue weighted by Crippen LogP contribution is 2.34. The average molecular weight is 417 g/mol. The number of benzene rings is 1. The molecule has 0 amide bonds. The van der Waals surface area contributed by atoms with Gasteiger partial charge in [0.05, 0.1) is 17.7 Å². The summed E-state index contributed by atoms with van der Waals surface area (Å²) in [6, 6.07) is 9.18. The first-order chi connectivity index (χ1) is 13.4. The summed E-state index contributed by atoms with van der Waals surface area (Å²) in [4.78, 5) is 13.6. The Bertz CT molecular complexity index is 1090. The molecule has 1 aliphatic heterocycles. The number of aromatic nitrogens is 2. The van der Waals surface area contributed by atoms with Gasteiger partial charge >= 0.3 is 0 Å². The van der Waals surface area contributed by atoms with E-state index < -0.39 is 10.0 Å². The Morgan fingerprint density at radius 3 is 2.54 bits per heavy atom. The van der Waals surface area contributed by atoms with E-state index in [-0.39, 0.29) is 5.75 Å². The highest BCUT2D eigenvalue weighted by Gasteiger charge is 2.21. The number of fused-ring (bicyclic) bond motifs is 1. The summed E-state index contributed by atoms with van der Waals surface area (Å²) in [6.07, 6.45) is 2.38. The summed E-state index contributed by atoms with van der Waals surface area (Å²) in [5.41, 5.74) is 1.78. The van der Waals surface area contributed by atoms with Crippen LogP contribution < -0.4 is 4.72 Å². The summed E-state index contributed by atoms with van der Waals surface area (Å²) in [6.45, 7) is 6.76. The highest BCUT2D eigenvalue weighted by atomic mass is 32.2. The molecule has 1 N–H and O–H groups in total. The minimum Gasteiger partial charge on any atom is -0.296 e. The Kier molecular flexibility index (Phi) is 5.35. The standard InChI is InChI=1S/C20H24N4O2S2/c1-14-15(2)27-20-18(14)19(21-17(22-20)12-24-10-6-7-11-24)23-28(25,26)13-16-8-4-3-5-9-16/h3-5,8-9H,6-7,10-13H2,1-2H3,(H,21,22,23). The van der Waals surface area contributed by atoms with Crippen molar-refractivity contribution in [3.8, 4) is 0 Å². The second kappa shape index (κ2) is 7.77. The number of hydrogen-bond acceptors (Lipinski definition) is 6. The molecule has 0 spiro atoms. The van der Waals surface area contributed by atoms with Gasteiger partial charge in [0.1, 0.15) is 10.7 Å². The SMILES string of the molecule is Cc1sc2nc(CN3CCCC3)nc(NS(=O)(=O)Cc3ccccc3)c2c1C. The van der Waals surface area contributed by atoms with Crippen LogP contribution in [0.1, 0.15) is 34.7 Å². The number of nitrogens with zero attached hydrogens (tertiary/aromatic N) is 3. The molecule has 1 saturated heterocycles. The largest absolute Gasteiger partial charge is 0.296 e. The highest BCUT2D eigenvalue weighted by molar-refractivity contribution is 7.91. The molecule has 1 fully saturated rings. The topological polar surface area (TPSA) is 75.2 Å². The number of nitrogens with one attached hydrogen (secondary N) is 1. The summed E-state index contributed by atoms with van der Waals surface area (Å²) in [7, 11) is -3.58. The van der Waals surface area contributed by atoms with E-state index in [2.05, 4.69) is 14.6 Å². The van der Waals surface area contributed by atoms with Gasteiger partial charge in [0.2, 0.25) is 10.0 Å². The van der Waals surface area contributed by atoms with Crippen molar-refractivity contribution in [2.45, 2.75) is 39.0 Å². The van der Waals surface area contributed by atoms with Crippen molar-refractivity contribution < 1.29 is 8.42 Å². The lowest BCUT2D eigenvalue weighted by atomic mass is 10.2. The Labute approximate surface area is 169 Å². The first kappa shape index (κ1) is 19.3. The van der Waals surface area contributed by atoms with Gasteiger partial charge in [-0.25, -0.2) is 18.4 Å². The zero-order valence-corrected chi connectivity index (χ0v) is 17.7. The second-order valence-corrected chi connectivity index (χ2v) is 10.2. The van der Waals surface area contributed by atoms with Crippen LogP contribution in [-0.2, 0) is 22.3 Å². The lowest BCUT2D eigenvalue weighted by Gasteiger charge is -2.15. The van der Waals surface area contributed by atoms with Crippen LogP contribution in [0.25, 0.3) is 10.2 Å². The van der Waals surface area contributed by atoms with Crippen LogP contribution in [0.3, 0.4) is 0 Å². The molecule has 0 bridgehead atoms. The van der Waals surface area contributed by atoms with Crippen LogP contribution in [-0.4, -0.2) is 36.4 Å². The third kappa shape index (κ3) is 4.19. The molecule has 3 aromatic rings. The van der Waals surface area contributed by atoms with Crippen LogP contribution >= 0.6 is 11.3 Å². The Balaban J connectivity index is 1.69. The van der Waals surface area contributed by atoms with Crippen LogP contribution in [0.4, 0.5) is 5.82 Å². The first-order valence-electron chi connectivity index (χ1n) is 9.45. The molecule has 28 heavy (non-hydrogen) atoms. The number of hydrogen-bond donors (Lipinski definition) is 1. The van der Waals surface area contributed by atoms with Crippen molar-refractivity contribution in [3.05, 3.63) is 52.2 Å². The molecular weight excluding hydrogens is 392 g/mol. The van der Waals surface area contributed by atoms with Gasteiger partial charge in [0.25, 0.3) is 0 Å². The summed E-state index contributed by atoms with van der Waals surface area (Å²) >= 11 is 1.59. The van der Waals surface area contributed by atoms with E-state index in [4.69, 9.17) is 4.98 Å². The lowest BCUT2D eigenvalue weighted by Crippen LogP contribution is -2.21. The fraction of sp³-hybridized carbons (Fsp3) is 0.400. The number of aryl methyl sites for hydroxylation is 2. The van der Waals surface area contributed by atoms with Gasteiger partial charge in [-0.1, -0.05) is 30.3 Å². The summed E-state index contributed by atoms with van der Waals surface area (Å²) in [5.74, 6) is 0.994. The molecule has 2 aromatic heterocycles. The number of sulfonamides is 1. The molecule has 8 heteroatoms. The Hall–Kier alpha value is -2.03. The summed E-state index contributed by atoms with van der Waals surface area (Å²) < 4.78 is 28.4. The maximum Gasteiger partial charge on any atom is 0.238 e. The molecule has 4 rings (SSSR count). The fourth-order valence-electron chi connectivity index (χ4n) is 3.56. The van der Waals surface area contributed by atoms with E-state index in [1.54, 1.807) is 11.3 Å². The number of anilines is 1. The normalized spacial score (nSPS) is 15.4. The van der Waals surface area contributed by atoms with Gasteiger partial charge in [0.15, 0.2) is 5.82 Å². The first-order valence-corrected chi connectivity index (χ1v) is 11.9. The Morgan fingerprint density at radius 2 is 1.82 bits per heavy atom. The lowest BCUT2D eigenvalue weighted by molar-refractivity contribution is 0.323. The predicted molar refractivity (Wildman–Crippen MR) is 114 cm³/mol. The van der Waals surface area contributed by atoms with Crippen LogP contribution in [0.5, 0.6) is 0 Å². The monoisotopic (exact) mass is 416 g/mol. The molecule has 0 aliphatic carbocycles. The fourth-order valence-corrected chi connectivity index (χ4v) is 5.75. The maximum atomic E-state index is 12.8. The average Bonchev–Trinajstić information content (AvgIpc) is 3.23. The number of likely N-dealkylation sites (tertiary alicyclic amines) is 1. The minimum absolute atomic E-state index is 0.0804. The number of thiophene rings is 1. The minimum atomic E-state index is -3.58. The van der Waals surface area contributed by atoms with E-state index in [9.17, 15) is 8.42 Å². The van der Waals surface area contributed by atoms with Gasteiger partial charge in [-0.05, 0) is 50.9 Å². The quantitative estimate of drug-likeness (QED) is 0.661.